The van der Waals surface area contributed by atoms with Crippen molar-refractivity contribution < 1.29 is 14.7 Å². The molecule has 0 bridgehead atoms. The number of hydroxylamine groups is 2. The highest BCUT2D eigenvalue weighted by Crippen LogP contribution is 2.32. The molecule has 0 fully saturated rings. The number of halogens is 2. The third kappa shape index (κ3) is 3.67. The molecule has 0 radical (unpaired) electrons. The summed E-state index contributed by atoms with van der Waals surface area (Å²) < 4.78 is 0.672. The van der Waals surface area contributed by atoms with E-state index in [0.717, 1.165) is 5.06 Å². The number of hydrogen-bond acceptors (Lipinski definition) is 3. The third-order valence-corrected chi connectivity index (χ3v) is 3.35. The van der Waals surface area contributed by atoms with Crippen LogP contribution >= 0.6 is 27.5 Å². The van der Waals surface area contributed by atoms with E-state index >= 15 is 0 Å². The van der Waals surface area contributed by atoms with Crippen molar-refractivity contribution in [2.45, 2.75) is 12.5 Å². The molecule has 0 heterocycles. The SMILES string of the molecule is CON(C)C(=O)CC(O)c1c(Cl)cccc1Br. The lowest BCUT2D eigenvalue weighted by Crippen LogP contribution is -2.27. The highest BCUT2D eigenvalue weighted by Gasteiger charge is 2.20. The molecule has 0 saturated heterocycles. The van der Waals surface area contributed by atoms with Crippen LogP contribution in [0.2, 0.25) is 5.02 Å². The molecule has 1 rings (SSSR count). The number of hydrogen-bond donors (Lipinski definition) is 1. The molecule has 0 aliphatic heterocycles. The molecule has 0 aromatic heterocycles. The van der Waals surface area contributed by atoms with E-state index in [9.17, 15) is 9.90 Å². The van der Waals surface area contributed by atoms with E-state index in [-0.39, 0.29) is 12.3 Å². The lowest BCUT2D eigenvalue weighted by Gasteiger charge is -2.18. The van der Waals surface area contributed by atoms with E-state index in [1.54, 1.807) is 18.2 Å². The smallest absolute Gasteiger partial charge is 0.248 e. The number of aliphatic hydroxyl groups is 1. The Hall–Kier alpha value is -0.620. The quantitative estimate of drug-likeness (QED) is 0.867. The van der Waals surface area contributed by atoms with Gasteiger partial charge in [0.15, 0.2) is 0 Å². The largest absolute Gasteiger partial charge is 0.388 e. The van der Waals surface area contributed by atoms with Gasteiger partial charge in [0.2, 0.25) is 5.91 Å². The normalized spacial score (nSPS) is 12.3. The molecule has 4 nitrogen and oxygen atoms in total. The molecule has 0 aliphatic rings. The van der Waals surface area contributed by atoms with Gasteiger partial charge in [0.1, 0.15) is 0 Å². The number of rotatable bonds is 4. The fraction of sp³-hybridized carbons (Fsp3) is 0.364. The number of aliphatic hydroxyl groups excluding tert-OH is 1. The Bertz CT molecular complexity index is 393. The average molecular weight is 323 g/mol. The lowest BCUT2D eigenvalue weighted by molar-refractivity contribution is -0.170. The molecular weight excluding hydrogens is 309 g/mol. The summed E-state index contributed by atoms with van der Waals surface area (Å²) in [6, 6.07) is 5.18. The molecule has 1 aromatic rings. The van der Waals surface area contributed by atoms with Crippen molar-refractivity contribution in [3.05, 3.63) is 33.3 Å². The lowest BCUT2D eigenvalue weighted by atomic mass is 10.1. The molecule has 17 heavy (non-hydrogen) atoms. The van der Waals surface area contributed by atoms with Gasteiger partial charge in [-0.25, -0.2) is 5.06 Å². The zero-order valence-electron chi connectivity index (χ0n) is 9.48. The summed E-state index contributed by atoms with van der Waals surface area (Å²) in [7, 11) is 2.87. The summed E-state index contributed by atoms with van der Waals surface area (Å²) in [5.41, 5.74) is 0.506. The van der Waals surface area contributed by atoms with Gasteiger partial charge in [-0.1, -0.05) is 33.6 Å². The standard InChI is InChI=1S/C11H13BrClNO3/c1-14(17-2)10(16)6-9(15)11-7(12)4-3-5-8(11)13/h3-5,9,15H,6H2,1-2H3. The predicted octanol–water partition coefficient (Wildman–Crippen LogP) is 2.55. The molecule has 1 atom stereocenters. The van der Waals surface area contributed by atoms with Crippen LogP contribution in [0.1, 0.15) is 18.1 Å². The topological polar surface area (TPSA) is 49.8 Å². The van der Waals surface area contributed by atoms with E-state index in [0.29, 0.717) is 15.1 Å². The van der Waals surface area contributed by atoms with Crippen LogP contribution in [0.25, 0.3) is 0 Å². The molecule has 94 valence electrons. The van der Waals surface area contributed by atoms with Crippen LogP contribution in [0.4, 0.5) is 0 Å². The second kappa shape index (κ2) is 6.35. The van der Waals surface area contributed by atoms with Crippen LogP contribution in [0.5, 0.6) is 0 Å². The van der Waals surface area contributed by atoms with Gasteiger partial charge < -0.3 is 5.11 Å². The minimum Gasteiger partial charge on any atom is -0.388 e. The van der Waals surface area contributed by atoms with Gasteiger partial charge in [0.05, 0.1) is 19.6 Å². The Morgan fingerprint density at radius 3 is 2.82 bits per heavy atom. The van der Waals surface area contributed by atoms with E-state index in [1.165, 1.54) is 14.2 Å². The number of amides is 1. The zero-order valence-corrected chi connectivity index (χ0v) is 11.8. The number of benzene rings is 1. The van der Waals surface area contributed by atoms with E-state index < -0.39 is 6.10 Å². The second-order valence-corrected chi connectivity index (χ2v) is 4.69. The molecule has 0 spiro atoms. The maximum Gasteiger partial charge on any atom is 0.248 e. The Kier molecular flexibility index (Phi) is 5.39. The third-order valence-electron chi connectivity index (χ3n) is 2.33. The van der Waals surface area contributed by atoms with Crippen LogP contribution in [0, 0.1) is 0 Å². The Morgan fingerprint density at radius 1 is 1.65 bits per heavy atom. The highest BCUT2D eigenvalue weighted by atomic mass is 79.9. The first-order valence-corrected chi connectivity index (χ1v) is 6.07. The monoisotopic (exact) mass is 321 g/mol. The minimum atomic E-state index is -0.969. The van der Waals surface area contributed by atoms with Gasteiger partial charge in [-0.2, -0.15) is 0 Å². The maximum atomic E-state index is 11.6. The predicted molar refractivity (Wildman–Crippen MR) is 68.5 cm³/mol. The molecule has 0 saturated carbocycles. The summed E-state index contributed by atoms with van der Waals surface area (Å²) in [6.45, 7) is 0. The summed E-state index contributed by atoms with van der Waals surface area (Å²) in [5.74, 6) is -0.327. The maximum absolute atomic E-state index is 11.6. The van der Waals surface area contributed by atoms with Crippen molar-refractivity contribution in [2.75, 3.05) is 14.2 Å². The van der Waals surface area contributed by atoms with Crippen molar-refractivity contribution in [1.29, 1.82) is 0 Å². The molecule has 1 aromatic carbocycles. The molecule has 1 unspecified atom stereocenters. The summed E-state index contributed by atoms with van der Waals surface area (Å²) in [5, 5.41) is 11.5. The summed E-state index contributed by atoms with van der Waals surface area (Å²) in [4.78, 5) is 16.3. The first-order valence-electron chi connectivity index (χ1n) is 4.90. The van der Waals surface area contributed by atoms with Crippen LogP contribution < -0.4 is 0 Å². The van der Waals surface area contributed by atoms with E-state index in [4.69, 9.17) is 16.4 Å². The number of carbonyl (C=O) groups is 1. The molecular formula is C11H13BrClNO3. The highest BCUT2D eigenvalue weighted by molar-refractivity contribution is 9.10. The molecule has 0 aliphatic carbocycles. The number of nitrogens with zero attached hydrogens (tertiary/aromatic N) is 1. The Balaban J connectivity index is 2.83. The van der Waals surface area contributed by atoms with Gasteiger partial charge in [0, 0.05) is 22.1 Å². The van der Waals surface area contributed by atoms with E-state index in [1.807, 2.05) is 0 Å². The van der Waals surface area contributed by atoms with Crippen LogP contribution in [-0.2, 0) is 9.63 Å². The van der Waals surface area contributed by atoms with Crippen LogP contribution in [-0.4, -0.2) is 30.2 Å². The van der Waals surface area contributed by atoms with Crippen LogP contribution in [0.3, 0.4) is 0 Å². The van der Waals surface area contributed by atoms with Crippen molar-refractivity contribution >= 4 is 33.4 Å². The second-order valence-electron chi connectivity index (χ2n) is 3.43. The fourth-order valence-electron chi connectivity index (χ4n) is 1.33. The van der Waals surface area contributed by atoms with Gasteiger partial charge in [-0.15, -0.1) is 0 Å². The van der Waals surface area contributed by atoms with Gasteiger partial charge in [-0.3, -0.25) is 9.63 Å². The first-order chi connectivity index (χ1) is 7.97. The Labute approximate surface area is 113 Å². The summed E-state index contributed by atoms with van der Waals surface area (Å²) >= 11 is 9.27. The first kappa shape index (κ1) is 14.4. The average Bonchev–Trinajstić information content (AvgIpc) is 2.27. The van der Waals surface area contributed by atoms with Gasteiger partial charge >= 0.3 is 0 Å². The van der Waals surface area contributed by atoms with Crippen molar-refractivity contribution in [3.63, 3.8) is 0 Å². The fourth-order valence-corrected chi connectivity index (χ4v) is 2.37. The summed E-state index contributed by atoms with van der Waals surface area (Å²) in [6.07, 6.45) is -1.06. The van der Waals surface area contributed by atoms with Crippen molar-refractivity contribution in [3.8, 4) is 0 Å². The van der Waals surface area contributed by atoms with Crippen molar-refractivity contribution in [2.24, 2.45) is 0 Å². The minimum absolute atomic E-state index is 0.0906. The van der Waals surface area contributed by atoms with Gasteiger partial charge in [-0.05, 0) is 12.1 Å². The van der Waals surface area contributed by atoms with Gasteiger partial charge in [0.25, 0.3) is 0 Å². The van der Waals surface area contributed by atoms with Crippen LogP contribution in [0.15, 0.2) is 22.7 Å². The zero-order chi connectivity index (χ0) is 13.0. The molecule has 1 N–H and O–H groups in total. The number of carbonyl (C=O) groups excluding carboxylic acids is 1. The van der Waals surface area contributed by atoms with Crippen molar-refractivity contribution in [1.82, 2.24) is 5.06 Å². The molecule has 1 amide bonds. The van der Waals surface area contributed by atoms with E-state index in [2.05, 4.69) is 15.9 Å². The molecule has 6 heteroatoms. The Morgan fingerprint density at radius 2 is 2.29 bits per heavy atom.